The number of anilines is 1. The topological polar surface area (TPSA) is 58.6 Å². The Kier molecular flexibility index (Phi) is 5.22. The highest BCUT2D eigenvalue weighted by Crippen LogP contribution is 2.28. The maximum Gasteiger partial charge on any atom is 0.333 e. The third kappa shape index (κ3) is 3.98. The number of carbonyl (C=O) groups is 1. The second-order valence-electron chi connectivity index (χ2n) is 4.40. The lowest BCUT2D eigenvalue weighted by Gasteiger charge is -2.19. The zero-order valence-electron chi connectivity index (χ0n) is 11.5. The predicted molar refractivity (Wildman–Crippen MR) is 85.2 cm³/mol. The van der Waals surface area contributed by atoms with Crippen molar-refractivity contribution in [2.75, 3.05) is 11.9 Å². The number of halogens is 1. The summed E-state index contributed by atoms with van der Waals surface area (Å²) >= 11 is 3.36. The lowest BCUT2D eigenvalue weighted by atomic mass is 10.1. The molecule has 2 aromatic carbocycles. The highest BCUT2D eigenvalue weighted by molar-refractivity contribution is 9.10. The lowest BCUT2D eigenvalue weighted by Crippen LogP contribution is -2.23. The van der Waals surface area contributed by atoms with Crippen molar-refractivity contribution >= 4 is 27.6 Å². The second kappa shape index (κ2) is 7.13. The van der Waals surface area contributed by atoms with E-state index in [0.717, 1.165) is 10.2 Å². The standard InChI is InChI=1S/C16H16BrNO3/c1-2-21-16(20)15(13-5-3-4-6-14(13)19)18-12-9-7-11(17)8-10-12/h3-10,15,18-19H,2H2,1H3. The minimum absolute atomic E-state index is 0.0557. The van der Waals surface area contributed by atoms with Crippen LogP contribution in [0, 0.1) is 0 Å². The van der Waals surface area contributed by atoms with Gasteiger partial charge in [-0.2, -0.15) is 0 Å². The number of para-hydroxylation sites is 1. The fraction of sp³-hybridized carbons (Fsp3) is 0.188. The Morgan fingerprint density at radius 1 is 1.24 bits per heavy atom. The van der Waals surface area contributed by atoms with Gasteiger partial charge < -0.3 is 15.2 Å². The van der Waals surface area contributed by atoms with Gasteiger partial charge in [-0.3, -0.25) is 0 Å². The van der Waals surface area contributed by atoms with Crippen molar-refractivity contribution in [1.29, 1.82) is 0 Å². The van der Waals surface area contributed by atoms with Gasteiger partial charge in [0.05, 0.1) is 6.61 Å². The molecule has 0 aliphatic heterocycles. The van der Waals surface area contributed by atoms with Crippen LogP contribution in [0.5, 0.6) is 5.75 Å². The van der Waals surface area contributed by atoms with E-state index in [-0.39, 0.29) is 12.4 Å². The van der Waals surface area contributed by atoms with Crippen molar-refractivity contribution in [1.82, 2.24) is 0 Å². The molecule has 0 fully saturated rings. The number of aromatic hydroxyl groups is 1. The zero-order valence-corrected chi connectivity index (χ0v) is 13.1. The molecule has 0 amide bonds. The Hall–Kier alpha value is -2.01. The second-order valence-corrected chi connectivity index (χ2v) is 5.31. The Bertz CT molecular complexity index is 613. The molecule has 4 nitrogen and oxygen atoms in total. The fourth-order valence-electron chi connectivity index (χ4n) is 1.93. The van der Waals surface area contributed by atoms with E-state index in [4.69, 9.17) is 4.74 Å². The summed E-state index contributed by atoms with van der Waals surface area (Å²) in [4.78, 5) is 12.2. The van der Waals surface area contributed by atoms with Crippen molar-refractivity contribution in [3.05, 3.63) is 58.6 Å². The van der Waals surface area contributed by atoms with Crippen LogP contribution in [-0.4, -0.2) is 17.7 Å². The van der Waals surface area contributed by atoms with E-state index in [9.17, 15) is 9.90 Å². The van der Waals surface area contributed by atoms with Gasteiger partial charge in [-0.15, -0.1) is 0 Å². The van der Waals surface area contributed by atoms with Gasteiger partial charge in [-0.1, -0.05) is 34.1 Å². The molecule has 0 aliphatic rings. The molecule has 0 aromatic heterocycles. The summed E-state index contributed by atoms with van der Waals surface area (Å²) < 4.78 is 6.04. The van der Waals surface area contributed by atoms with Crippen molar-refractivity contribution in [2.24, 2.45) is 0 Å². The molecule has 0 spiro atoms. The summed E-state index contributed by atoms with van der Waals surface area (Å²) in [7, 11) is 0. The van der Waals surface area contributed by atoms with Crippen LogP contribution in [0.4, 0.5) is 5.69 Å². The number of benzene rings is 2. The summed E-state index contributed by atoms with van der Waals surface area (Å²) in [6, 6.07) is 13.4. The molecule has 21 heavy (non-hydrogen) atoms. The molecular weight excluding hydrogens is 334 g/mol. The number of hydrogen-bond acceptors (Lipinski definition) is 4. The van der Waals surface area contributed by atoms with Crippen LogP contribution in [0.25, 0.3) is 0 Å². The van der Waals surface area contributed by atoms with Gasteiger partial charge in [0.15, 0.2) is 6.04 Å². The quantitative estimate of drug-likeness (QED) is 0.804. The summed E-state index contributed by atoms with van der Waals surface area (Å²) in [6.45, 7) is 2.03. The Labute approximate surface area is 131 Å². The molecule has 0 saturated heterocycles. The van der Waals surface area contributed by atoms with Crippen LogP contribution in [0.1, 0.15) is 18.5 Å². The van der Waals surface area contributed by atoms with Gasteiger partial charge in [0.1, 0.15) is 5.75 Å². The molecule has 2 aromatic rings. The van der Waals surface area contributed by atoms with E-state index >= 15 is 0 Å². The Morgan fingerprint density at radius 2 is 1.90 bits per heavy atom. The van der Waals surface area contributed by atoms with Crippen LogP contribution < -0.4 is 5.32 Å². The largest absolute Gasteiger partial charge is 0.508 e. The van der Waals surface area contributed by atoms with E-state index in [0.29, 0.717) is 5.56 Å². The van der Waals surface area contributed by atoms with Crippen LogP contribution in [0.2, 0.25) is 0 Å². The number of rotatable bonds is 5. The first-order valence-corrected chi connectivity index (χ1v) is 7.37. The average molecular weight is 350 g/mol. The van der Waals surface area contributed by atoms with Crippen molar-refractivity contribution in [2.45, 2.75) is 13.0 Å². The molecular formula is C16H16BrNO3. The molecule has 0 radical (unpaired) electrons. The molecule has 0 heterocycles. The molecule has 0 bridgehead atoms. The van der Waals surface area contributed by atoms with Crippen molar-refractivity contribution < 1.29 is 14.6 Å². The number of phenolic OH excluding ortho intramolecular Hbond substituents is 1. The van der Waals surface area contributed by atoms with E-state index in [1.165, 1.54) is 0 Å². The third-order valence-electron chi connectivity index (χ3n) is 2.93. The SMILES string of the molecule is CCOC(=O)C(Nc1ccc(Br)cc1)c1ccccc1O. The average Bonchev–Trinajstić information content (AvgIpc) is 2.48. The summed E-state index contributed by atoms with van der Waals surface area (Å²) in [5, 5.41) is 13.1. The van der Waals surface area contributed by atoms with Gasteiger partial charge in [-0.05, 0) is 37.3 Å². The maximum absolute atomic E-state index is 12.2. The number of ether oxygens (including phenoxy) is 1. The van der Waals surface area contributed by atoms with Crippen LogP contribution in [0.3, 0.4) is 0 Å². The lowest BCUT2D eigenvalue weighted by molar-refractivity contribution is -0.144. The zero-order chi connectivity index (χ0) is 15.2. The van der Waals surface area contributed by atoms with Gasteiger partial charge in [0, 0.05) is 15.7 Å². The number of nitrogens with one attached hydrogen (secondary N) is 1. The van der Waals surface area contributed by atoms with Crippen LogP contribution in [0.15, 0.2) is 53.0 Å². The van der Waals surface area contributed by atoms with Crippen LogP contribution in [-0.2, 0) is 9.53 Å². The van der Waals surface area contributed by atoms with Gasteiger partial charge >= 0.3 is 5.97 Å². The van der Waals surface area contributed by atoms with Crippen LogP contribution >= 0.6 is 15.9 Å². The van der Waals surface area contributed by atoms with Gasteiger partial charge in [0.2, 0.25) is 0 Å². The first-order valence-electron chi connectivity index (χ1n) is 6.58. The third-order valence-corrected chi connectivity index (χ3v) is 3.45. The number of hydrogen-bond donors (Lipinski definition) is 2. The van der Waals surface area contributed by atoms with E-state index in [1.54, 1.807) is 31.2 Å². The molecule has 0 saturated carbocycles. The molecule has 0 aliphatic carbocycles. The summed E-state index contributed by atoms with van der Waals surface area (Å²) in [6.07, 6.45) is 0. The fourth-order valence-corrected chi connectivity index (χ4v) is 2.20. The molecule has 1 atom stereocenters. The first kappa shape index (κ1) is 15.4. The number of esters is 1. The van der Waals surface area contributed by atoms with Crippen molar-refractivity contribution in [3.63, 3.8) is 0 Å². The molecule has 1 unspecified atom stereocenters. The molecule has 110 valence electrons. The minimum atomic E-state index is -0.757. The molecule has 5 heteroatoms. The normalized spacial score (nSPS) is 11.7. The highest BCUT2D eigenvalue weighted by atomic mass is 79.9. The maximum atomic E-state index is 12.2. The van der Waals surface area contributed by atoms with E-state index in [1.807, 2.05) is 24.3 Å². The summed E-state index contributed by atoms with van der Waals surface area (Å²) in [5.74, 6) is -0.373. The first-order chi connectivity index (χ1) is 10.1. The van der Waals surface area contributed by atoms with Gasteiger partial charge in [-0.25, -0.2) is 4.79 Å². The monoisotopic (exact) mass is 349 g/mol. The van der Waals surface area contributed by atoms with E-state index in [2.05, 4.69) is 21.2 Å². The highest BCUT2D eigenvalue weighted by Gasteiger charge is 2.24. The number of phenols is 1. The smallest absolute Gasteiger partial charge is 0.333 e. The number of carbonyl (C=O) groups excluding carboxylic acids is 1. The molecule has 2 N–H and O–H groups in total. The Morgan fingerprint density at radius 3 is 2.52 bits per heavy atom. The predicted octanol–water partition coefficient (Wildman–Crippen LogP) is 3.87. The summed E-state index contributed by atoms with van der Waals surface area (Å²) in [5.41, 5.74) is 1.25. The van der Waals surface area contributed by atoms with Crippen molar-refractivity contribution in [3.8, 4) is 5.75 Å². The minimum Gasteiger partial charge on any atom is -0.508 e. The van der Waals surface area contributed by atoms with Gasteiger partial charge in [0.25, 0.3) is 0 Å². The molecule has 2 rings (SSSR count). The van der Waals surface area contributed by atoms with E-state index < -0.39 is 12.0 Å². The Balaban J connectivity index is 2.30.